The number of hydrogen-bond donors (Lipinski definition) is 1. The summed E-state index contributed by atoms with van der Waals surface area (Å²) in [6.45, 7) is 5.40. The molecule has 6 heteroatoms. The Labute approximate surface area is 99.6 Å². The molecule has 0 saturated heterocycles. The van der Waals surface area contributed by atoms with Crippen molar-refractivity contribution in [3.8, 4) is 5.88 Å². The van der Waals surface area contributed by atoms with Crippen LogP contribution in [0.15, 0.2) is 12.4 Å². The highest BCUT2D eigenvalue weighted by atomic mass is 16.5. The second-order valence-electron chi connectivity index (χ2n) is 3.83. The average molecular weight is 240 g/mol. The van der Waals surface area contributed by atoms with E-state index in [1.807, 2.05) is 13.8 Å². The van der Waals surface area contributed by atoms with Crippen LogP contribution in [0.4, 0.5) is 0 Å². The van der Waals surface area contributed by atoms with Gasteiger partial charge >= 0.3 is 5.97 Å². The first-order valence-corrected chi connectivity index (χ1v) is 5.36. The number of carboxylic acid groups (broad SMARTS) is 1. The van der Waals surface area contributed by atoms with Crippen LogP contribution < -0.4 is 4.74 Å². The maximum Gasteiger partial charge on any atom is 0.360 e. The van der Waals surface area contributed by atoms with E-state index in [1.165, 1.54) is 12.4 Å². The summed E-state index contributed by atoms with van der Waals surface area (Å²) in [5.41, 5.74) is -0.184. The second-order valence-corrected chi connectivity index (χ2v) is 3.83. The van der Waals surface area contributed by atoms with Gasteiger partial charge in [-0.3, -0.25) is 0 Å². The molecule has 0 amide bonds. The third-order valence-corrected chi connectivity index (χ3v) is 1.78. The molecule has 0 saturated carbocycles. The predicted octanol–water partition coefficient (Wildman–Crippen LogP) is 1.23. The smallest absolute Gasteiger partial charge is 0.360 e. The summed E-state index contributed by atoms with van der Waals surface area (Å²) in [6.07, 6.45) is 2.70. The Kier molecular flexibility index (Phi) is 5.35. The molecule has 1 aromatic rings. The Bertz CT molecular complexity index is 368. The third kappa shape index (κ3) is 4.78. The lowest BCUT2D eigenvalue weighted by Crippen LogP contribution is -2.13. The fourth-order valence-electron chi connectivity index (χ4n) is 1.09. The molecule has 0 spiro atoms. The van der Waals surface area contributed by atoms with E-state index in [4.69, 9.17) is 14.6 Å². The standard InChI is InChI=1S/C11H16N2O4/c1-8(2)7-16-5-6-17-10-9(11(14)15)12-3-4-13-10/h3-4,8H,5-7H2,1-2H3,(H,14,15). The number of aromatic carboxylic acids is 1. The first-order chi connectivity index (χ1) is 8.11. The van der Waals surface area contributed by atoms with Crippen LogP contribution in [0, 0.1) is 5.92 Å². The molecular formula is C11H16N2O4. The van der Waals surface area contributed by atoms with Crippen molar-refractivity contribution in [1.29, 1.82) is 0 Å². The normalized spacial score (nSPS) is 10.5. The quantitative estimate of drug-likeness (QED) is 0.722. The van der Waals surface area contributed by atoms with Crippen molar-refractivity contribution in [2.75, 3.05) is 19.8 Å². The zero-order chi connectivity index (χ0) is 12.7. The number of aromatic nitrogens is 2. The van der Waals surface area contributed by atoms with Crippen LogP contribution in [0.1, 0.15) is 24.3 Å². The van der Waals surface area contributed by atoms with Crippen molar-refractivity contribution in [1.82, 2.24) is 9.97 Å². The molecule has 0 aliphatic carbocycles. The van der Waals surface area contributed by atoms with Gasteiger partial charge in [0, 0.05) is 19.0 Å². The van der Waals surface area contributed by atoms with Crippen LogP contribution in [0.3, 0.4) is 0 Å². The summed E-state index contributed by atoms with van der Waals surface area (Å²) in [5.74, 6) is -0.676. The summed E-state index contributed by atoms with van der Waals surface area (Å²) in [5, 5.41) is 8.83. The van der Waals surface area contributed by atoms with Crippen LogP contribution >= 0.6 is 0 Å². The molecule has 17 heavy (non-hydrogen) atoms. The van der Waals surface area contributed by atoms with E-state index >= 15 is 0 Å². The van der Waals surface area contributed by atoms with Gasteiger partial charge in [0.05, 0.1) is 6.61 Å². The Hall–Kier alpha value is -1.69. The largest absolute Gasteiger partial charge is 0.476 e. The highest BCUT2D eigenvalue weighted by molar-refractivity contribution is 5.87. The summed E-state index contributed by atoms with van der Waals surface area (Å²) >= 11 is 0. The number of ether oxygens (including phenoxy) is 2. The van der Waals surface area contributed by atoms with Crippen molar-refractivity contribution in [3.63, 3.8) is 0 Å². The summed E-state index contributed by atoms with van der Waals surface area (Å²) in [6, 6.07) is 0. The molecule has 0 radical (unpaired) electrons. The fourth-order valence-corrected chi connectivity index (χ4v) is 1.09. The summed E-state index contributed by atoms with van der Waals surface area (Å²) in [4.78, 5) is 18.3. The highest BCUT2D eigenvalue weighted by Gasteiger charge is 2.13. The van der Waals surface area contributed by atoms with Gasteiger partial charge in [-0.05, 0) is 5.92 Å². The zero-order valence-electron chi connectivity index (χ0n) is 9.92. The van der Waals surface area contributed by atoms with Gasteiger partial charge in [-0.1, -0.05) is 13.8 Å². The number of hydrogen-bond acceptors (Lipinski definition) is 5. The van der Waals surface area contributed by atoms with Crippen LogP contribution in [-0.2, 0) is 4.74 Å². The summed E-state index contributed by atoms with van der Waals surface area (Å²) < 4.78 is 10.5. The Morgan fingerprint density at radius 1 is 1.35 bits per heavy atom. The molecular weight excluding hydrogens is 224 g/mol. The minimum absolute atomic E-state index is 0.0214. The van der Waals surface area contributed by atoms with E-state index < -0.39 is 5.97 Å². The molecule has 6 nitrogen and oxygen atoms in total. The lowest BCUT2D eigenvalue weighted by atomic mass is 10.2. The highest BCUT2D eigenvalue weighted by Crippen LogP contribution is 2.10. The van der Waals surface area contributed by atoms with E-state index in [0.717, 1.165) is 0 Å². The van der Waals surface area contributed by atoms with Crippen LogP contribution in [-0.4, -0.2) is 40.9 Å². The number of nitrogens with zero attached hydrogens (tertiary/aromatic N) is 2. The van der Waals surface area contributed by atoms with Gasteiger partial charge in [0.15, 0.2) is 0 Å². The fraction of sp³-hybridized carbons (Fsp3) is 0.545. The lowest BCUT2D eigenvalue weighted by Gasteiger charge is -2.08. The molecule has 0 bridgehead atoms. The van der Waals surface area contributed by atoms with Crippen molar-refractivity contribution < 1.29 is 19.4 Å². The van der Waals surface area contributed by atoms with Crippen LogP contribution in [0.2, 0.25) is 0 Å². The molecule has 1 aromatic heterocycles. The van der Waals surface area contributed by atoms with Crippen molar-refractivity contribution in [2.24, 2.45) is 5.92 Å². The van der Waals surface area contributed by atoms with Gasteiger partial charge in [-0.25, -0.2) is 14.8 Å². The maximum absolute atomic E-state index is 10.8. The molecule has 0 atom stereocenters. The maximum atomic E-state index is 10.8. The molecule has 94 valence electrons. The predicted molar refractivity (Wildman–Crippen MR) is 60.1 cm³/mol. The molecule has 0 aromatic carbocycles. The molecule has 0 fully saturated rings. The van der Waals surface area contributed by atoms with E-state index in [0.29, 0.717) is 19.1 Å². The van der Waals surface area contributed by atoms with Gasteiger partial charge in [0.25, 0.3) is 0 Å². The van der Waals surface area contributed by atoms with E-state index in [9.17, 15) is 4.79 Å². The molecule has 0 aliphatic rings. The SMILES string of the molecule is CC(C)COCCOc1nccnc1C(=O)O. The van der Waals surface area contributed by atoms with Gasteiger partial charge in [-0.2, -0.15) is 0 Å². The molecule has 1 rings (SSSR count). The lowest BCUT2D eigenvalue weighted by molar-refractivity contribution is 0.0665. The third-order valence-electron chi connectivity index (χ3n) is 1.78. The molecule has 1 heterocycles. The van der Waals surface area contributed by atoms with Crippen molar-refractivity contribution in [2.45, 2.75) is 13.8 Å². The van der Waals surface area contributed by atoms with E-state index in [1.54, 1.807) is 0 Å². The van der Waals surface area contributed by atoms with Gasteiger partial charge in [0.2, 0.25) is 11.6 Å². The first-order valence-electron chi connectivity index (χ1n) is 5.36. The zero-order valence-corrected chi connectivity index (χ0v) is 9.92. The minimum Gasteiger partial charge on any atom is -0.476 e. The second kappa shape index (κ2) is 6.80. The Balaban J connectivity index is 2.39. The first kappa shape index (κ1) is 13.4. The summed E-state index contributed by atoms with van der Waals surface area (Å²) in [7, 11) is 0. The van der Waals surface area contributed by atoms with Gasteiger partial charge in [-0.15, -0.1) is 0 Å². The number of carboxylic acids is 1. The van der Waals surface area contributed by atoms with Crippen LogP contribution in [0.5, 0.6) is 5.88 Å². The monoisotopic (exact) mass is 240 g/mol. The topological polar surface area (TPSA) is 81.5 Å². The Morgan fingerprint density at radius 3 is 2.71 bits per heavy atom. The molecule has 0 unspecified atom stereocenters. The number of carbonyl (C=O) groups is 1. The van der Waals surface area contributed by atoms with E-state index in [-0.39, 0.29) is 18.2 Å². The molecule has 0 aliphatic heterocycles. The van der Waals surface area contributed by atoms with E-state index in [2.05, 4.69) is 9.97 Å². The van der Waals surface area contributed by atoms with Crippen LogP contribution in [0.25, 0.3) is 0 Å². The minimum atomic E-state index is -1.16. The van der Waals surface area contributed by atoms with Gasteiger partial charge < -0.3 is 14.6 Å². The van der Waals surface area contributed by atoms with Gasteiger partial charge in [0.1, 0.15) is 6.61 Å². The van der Waals surface area contributed by atoms with Crippen molar-refractivity contribution >= 4 is 5.97 Å². The Morgan fingerprint density at radius 2 is 2.06 bits per heavy atom. The van der Waals surface area contributed by atoms with Crippen molar-refractivity contribution in [3.05, 3.63) is 18.1 Å². The average Bonchev–Trinajstić information content (AvgIpc) is 2.28. The number of rotatable bonds is 7. The molecule has 1 N–H and O–H groups in total.